The largest absolute Gasteiger partial charge is 0.493 e. The maximum atomic E-state index is 13.3. The van der Waals surface area contributed by atoms with Crippen LogP contribution in [-0.2, 0) is 6.61 Å². The second-order valence-electron chi connectivity index (χ2n) is 9.87. The fourth-order valence-electron chi connectivity index (χ4n) is 5.13. The van der Waals surface area contributed by atoms with Gasteiger partial charge in [-0.2, -0.15) is 5.26 Å². The molecule has 1 unspecified atom stereocenters. The Morgan fingerprint density at radius 2 is 1.74 bits per heavy atom. The summed E-state index contributed by atoms with van der Waals surface area (Å²) in [5, 5.41) is 11.7. The zero-order valence-electron chi connectivity index (χ0n) is 23.0. The van der Waals surface area contributed by atoms with Crippen molar-refractivity contribution in [3.63, 3.8) is 0 Å². The van der Waals surface area contributed by atoms with E-state index in [1.165, 1.54) is 19.2 Å². The second-order valence-corrected chi connectivity index (χ2v) is 9.87. The van der Waals surface area contributed by atoms with Gasteiger partial charge in [-0.15, -0.1) is 0 Å². The summed E-state index contributed by atoms with van der Waals surface area (Å²) < 4.78 is 36.3. The van der Waals surface area contributed by atoms with Crippen LogP contribution in [0, 0.1) is 17.1 Å². The van der Waals surface area contributed by atoms with Crippen molar-refractivity contribution >= 4 is 16.7 Å². The fourth-order valence-corrected chi connectivity index (χ4v) is 5.13. The molecule has 212 valence electrons. The van der Waals surface area contributed by atoms with E-state index < -0.39 is 11.9 Å². The van der Waals surface area contributed by atoms with Crippen molar-refractivity contribution in [1.29, 1.82) is 5.26 Å². The molecule has 0 spiro atoms. The summed E-state index contributed by atoms with van der Waals surface area (Å²) in [7, 11) is 1.52. The van der Waals surface area contributed by atoms with E-state index in [1.807, 2.05) is 42.5 Å². The number of ether oxygens (including phenoxy) is 4. The van der Waals surface area contributed by atoms with E-state index >= 15 is 0 Å². The molecule has 1 aliphatic rings. The lowest BCUT2D eigenvalue weighted by Gasteiger charge is -2.27. The third-order valence-corrected chi connectivity index (χ3v) is 7.24. The minimum absolute atomic E-state index is 0.0480. The first-order valence-corrected chi connectivity index (χ1v) is 13.4. The summed E-state index contributed by atoms with van der Waals surface area (Å²) in [5.41, 5.74) is 9.05. The highest BCUT2D eigenvalue weighted by atomic mass is 19.1. The average Bonchev–Trinajstić information content (AvgIpc) is 3.03. The summed E-state index contributed by atoms with van der Waals surface area (Å²) >= 11 is 0. The molecule has 1 aliphatic heterocycles. The average molecular weight is 573 g/mol. The van der Waals surface area contributed by atoms with E-state index in [0.717, 1.165) is 21.9 Å². The van der Waals surface area contributed by atoms with E-state index in [1.54, 1.807) is 48.5 Å². The van der Waals surface area contributed by atoms with E-state index in [2.05, 4.69) is 6.07 Å². The quantitative estimate of drug-likeness (QED) is 0.165. The SMILES string of the molecule is COc1cc(C2C(C#N)=C(N)Oc3cc(OC(=O)c4cccc5ccccc45)ccc32)ccc1OCc1ccc(F)cc1. The van der Waals surface area contributed by atoms with Gasteiger partial charge in [0.25, 0.3) is 0 Å². The van der Waals surface area contributed by atoms with Crippen LogP contribution in [-0.4, -0.2) is 13.1 Å². The number of hydrogen-bond donors (Lipinski definition) is 1. The first-order chi connectivity index (χ1) is 20.9. The lowest BCUT2D eigenvalue weighted by Crippen LogP contribution is -2.21. The van der Waals surface area contributed by atoms with Gasteiger partial charge in [-0.3, -0.25) is 0 Å². The van der Waals surface area contributed by atoms with Gasteiger partial charge in [0.05, 0.1) is 18.6 Å². The molecule has 43 heavy (non-hydrogen) atoms. The monoisotopic (exact) mass is 572 g/mol. The molecule has 5 aromatic carbocycles. The first-order valence-electron chi connectivity index (χ1n) is 13.4. The number of nitriles is 1. The zero-order chi connectivity index (χ0) is 29.9. The highest BCUT2D eigenvalue weighted by Crippen LogP contribution is 2.45. The molecule has 5 aromatic rings. The van der Waals surface area contributed by atoms with Crippen molar-refractivity contribution in [3.8, 4) is 29.1 Å². The zero-order valence-corrected chi connectivity index (χ0v) is 23.0. The smallest absolute Gasteiger partial charge is 0.344 e. The molecule has 0 saturated carbocycles. The highest BCUT2D eigenvalue weighted by Gasteiger charge is 2.32. The number of hydrogen-bond acceptors (Lipinski definition) is 7. The molecule has 1 heterocycles. The maximum absolute atomic E-state index is 13.3. The summed E-state index contributed by atoms with van der Waals surface area (Å²) in [6, 6.07) is 31.6. The van der Waals surface area contributed by atoms with Crippen molar-refractivity contribution in [3.05, 3.63) is 143 Å². The van der Waals surface area contributed by atoms with Gasteiger partial charge in [0.2, 0.25) is 5.88 Å². The van der Waals surface area contributed by atoms with Crippen molar-refractivity contribution in [2.75, 3.05) is 7.11 Å². The molecule has 1 atom stereocenters. The van der Waals surface area contributed by atoms with Gasteiger partial charge in [-0.1, -0.05) is 60.7 Å². The van der Waals surface area contributed by atoms with Crippen LogP contribution in [0.15, 0.2) is 115 Å². The molecule has 2 N–H and O–H groups in total. The normalized spacial score (nSPS) is 13.9. The van der Waals surface area contributed by atoms with E-state index in [-0.39, 0.29) is 29.6 Å². The summed E-state index contributed by atoms with van der Waals surface area (Å²) in [5.74, 6) is 0.110. The maximum Gasteiger partial charge on any atom is 0.344 e. The van der Waals surface area contributed by atoms with Crippen LogP contribution in [0.1, 0.15) is 33.0 Å². The van der Waals surface area contributed by atoms with Crippen LogP contribution >= 0.6 is 0 Å². The van der Waals surface area contributed by atoms with Gasteiger partial charge in [0.1, 0.15) is 35.6 Å². The molecule has 7 nitrogen and oxygen atoms in total. The summed E-state index contributed by atoms with van der Waals surface area (Å²) in [4.78, 5) is 13.1. The molecule has 0 amide bonds. The Bertz CT molecular complexity index is 1920. The summed E-state index contributed by atoms with van der Waals surface area (Å²) in [6.07, 6.45) is 0. The highest BCUT2D eigenvalue weighted by molar-refractivity contribution is 6.05. The molecule has 0 fully saturated rings. The first kappa shape index (κ1) is 27.4. The molecule has 8 heteroatoms. The van der Waals surface area contributed by atoms with Gasteiger partial charge >= 0.3 is 5.97 Å². The van der Waals surface area contributed by atoms with Crippen molar-refractivity contribution in [1.82, 2.24) is 0 Å². The van der Waals surface area contributed by atoms with Crippen LogP contribution < -0.4 is 24.7 Å². The third-order valence-electron chi connectivity index (χ3n) is 7.24. The van der Waals surface area contributed by atoms with Crippen molar-refractivity contribution in [2.45, 2.75) is 12.5 Å². The Kier molecular flexibility index (Phi) is 7.37. The Balaban J connectivity index is 1.29. The number of methoxy groups -OCH3 is 1. The van der Waals surface area contributed by atoms with Crippen LogP contribution in [0.5, 0.6) is 23.0 Å². The number of allylic oxidation sites excluding steroid dienone is 1. The number of nitrogens with two attached hydrogens (primary N) is 1. The molecule has 0 aromatic heterocycles. The number of benzene rings is 5. The number of esters is 1. The molecule has 0 bridgehead atoms. The van der Waals surface area contributed by atoms with Gasteiger partial charge in [0, 0.05) is 11.6 Å². The predicted molar refractivity (Wildman–Crippen MR) is 158 cm³/mol. The van der Waals surface area contributed by atoms with E-state index in [4.69, 9.17) is 24.7 Å². The number of halogens is 1. The van der Waals surface area contributed by atoms with Crippen LogP contribution in [0.4, 0.5) is 4.39 Å². The topological polar surface area (TPSA) is 104 Å². The lowest BCUT2D eigenvalue weighted by atomic mass is 9.83. The van der Waals surface area contributed by atoms with Gasteiger partial charge in [0.15, 0.2) is 11.5 Å². The molecule has 0 radical (unpaired) electrons. The third kappa shape index (κ3) is 5.44. The van der Waals surface area contributed by atoms with Gasteiger partial charge in [-0.05, 0) is 58.3 Å². The van der Waals surface area contributed by atoms with E-state index in [0.29, 0.717) is 28.4 Å². The lowest BCUT2D eigenvalue weighted by molar-refractivity contribution is 0.0736. The van der Waals surface area contributed by atoms with Gasteiger partial charge in [-0.25, -0.2) is 9.18 Å². The van der Waals surface area contributed by atoms with E-state index in [9.17, 15) is 14.4 Å². The predicted octanol–water partition coefficient (Wildman–Crippen LogP) is 7.00. The number of carbonyl (C=O) groups is 1. The Morgan fingerprint density at radius 3 is 2.53 bits per heavy atom. The van der Waals surface area contributed by atoms with Crippen molar-refractivity contribution in [2.24, 2.45) is 5.73 Å². The minimum Gasteiger partial charge on any atom is -0.493 e. The number of fused-ring (bicyclic) bond motifs is 2. The van der Waals surface area contributed by atoms with Crippen LogP contribution in [0.2, 0.25) is 0 Å². The Morgan fingerprint density at radius 1 is 0.953 bits per heavy atom. The Hall–Kier alpha value is -5.81. The van der Waals surface area contributed by atoms with Crippen LogP contribution in [0.25, 0.3) is 10.8 Å². The molecular formula is C35H25FN2O5. The minimum atomic E-state index is -0.573. The van der Waals surface area contributed by atoms with Gasteiger partial charge < -0.3 is 24.7 Å². The second kappa shape index (κ2) is 11.6. The standard InChI is InChI=1S/C35H25FN2O5/c1-40-32-17-23(11-16-30(32)41-20-21-9-12-24(36)13-10-21)33-28-15-14-25(18-31(28)43-34(38)29(33)19-37)42-35(39)27-8-4-6-22-5-2-3-7-26(22)27/h2-18,33H,20,38H2,1H3. The number of rotatable bonds is 7. The fraction of sp³-hybridized carbons (Fsp3) is 0.0857. The number of carbonyl (C=O) groups excluding carboxylic acids is 1. The van der Waals surface area contributed by atoms with Crippen LogP contribution in [0.3, 0.4) is 0 Å². The Labute approximate surface area is 247 Å². The summed E-state index contributed by atoms with van der Waals surface area (Å²) in [6.45, 7) is 0.215. The number of nitrogens with zero attached hydrogens (tertiary/aromatic N) is 1. The van der Waals surface area contributed by atoms with Crippen molar-refractivity contribution < 1.29 is 28.1 Å². The molecule has 0 aliphatic carbocycles. The molecule has 0 saturated heterocycles. The molecular weight excluding hydrogens is 547 g/mol. The molecule has 6 rings (SSSR count).